The Labute approximate surface area is 155 Å². The molecule has 0 bridgehead atoms. The molecule has 2 amide bonds. The molecule has 26 heavy (non-hydrogen) atoms. The van der Waals surface area contributed by atoms with Gasteiger partial charge in [0.15, 0.2) is 0 Å². The lowest BCUT2D eigenvalue weighted by atomic mass is 10.1. The van der Waals surface area contributed by atoms with Gasteiger partial charge in [0, 0.05) is 44.8 Å². The maximum atomic E-state index is 13.1. The second-order valence-electron chi connectivity index (χ2n) is 6.83. The first-order chi connectivity index (χ1) is 12.6. The largest absolute Gasteiger partial charge is 0.497 e. The third-order valence-electron chi connectivity index (χ3n) is 5.13. The van der Waals surface area contributed by atoms with E-state index in [4.69, 9.17) is 4.74 Å². The van der Waals surface area contributed by atoms with Crippen molar-refractivity contribution in [3.8, 4) is 5.75 Å². The van der Waals surface area contributed by atoms with Crippen LogP contribution in [0.2, 0.25) is 0 Å². The fourth-order valence-electron chi connectivity index (χ4n) is 3.71. The van der Waals surface area contributed by atoms with E-state index in [1.807, 2.05) is 17.0 Å². The van der Waals surface area contributed by atoms with E-state index >= 15 is 0 Å². The van der Waals surface area contributed by atoms with Crippen LogP contribution in [0, 0.1) is 0 Å². The zero-order valence-electron chi connectivity index (χ0n) is 15.4. The molecule has 3 rings (SSSR count). The quantitative estimate of drug-likeness (QED) is 0.752. The second kappa shape index (κ2) is 8.36. The van der Waals surface area contributed by atoms with Gasteiger partial charge in [0.05, 0.1) is 7.11 Å². The first-order valence-corrected chi connectivity index (χ1v) is 9.21. The molecule has 0 aromatic heterocycles. The SMILES string of the molecule is C=CCN1CCN(C(=O)c2cccc(OC)c2)C(C(=O)N2CCCC2)C1. The molecule has 2 aliphatic rings. The third kappa shape index (κ3) is 3.90. The molecule has 6 nitrogen and oxygen atoms in total. The average Bonchev–Trinajstić information content (AvgIpc) is 3.22. The smallest absolute Gasteiger partial charge is 0.254 e. The van der Waals surface area contributed by atoms with E-state index < -0.39 is 6.04 Å². The van der Waals surface area contributed by atoms with Crippen LogP contribution in [0.25, 0.3) is 0 Å². The highest BCUT2D eigenvalue weighted by Gasteiger charge is 2.38. The van der Waals surface area contributed by atoms with Crippen LogP contribution in [0.15, 0.2) is 36.9 Å². The predicted molar refractivity (Wildman–Crippen MR) is 100 cm³/mol. The van der Waals surface area contributed by atoms with Crippen LogP contribution in [0.1, 0.15) is 23.2 Å². The molecule has 1 aromatic carbocycles. The number of hydrogen-bond donors (Lipinski definition) is 0. The Morgan fingerprint density at radius 3 is 2.69 bits per heavy atom. The van der Waals surface area contributed by atoms with Gasteiger partial charge in [0.1, 0.15) is 11.8 Å². The molecule has 1 aromatic rings. The van der Waals surface area contributed by atoms with Gasteiger partial charge in [-0.2, -0.15) is 0 Å². The topological polar surface area (TPSA) is 53.1 Å². The molecule has 0 N–H and O–H groups in total. The van der Waals surface area contributed by atoms with Crippen LogP contribution in [-0.2, 0) is 4.79 Å². The Balaban J connectivity index is 1.82. The number of amides is 2. The van der Waals surface area contributed by atoms with E-state index in [0.29, 0.717) is 24.4 Å². The number of hydrogen-bond acceptors (Lipinski definition) is 4. The van der Waals surface area contributed by atoms with Crippen molar-refractivity contribution in [3.05, 3.63) is 42.5 Å². The van der Waals surface area contributed by atoms with Crippen LogP contribution in [0.3, 0.4) is 0 Å². The Morgan fingerprint density at radius 2 is 2.00 bits per heavy atom. The van der Waals surface area contributed by atoms with Crippen molar-refractivity contribution >= 4 is 11.8 Å². The average molecular weight is 357 g/mol. The lowest BCUT2D eigenvalue weighted by Crippen LogP contribution is -2.60. The lowest BCUT2D eigenvalue weighted by Gasteiger charge is -2.41. The third-order valence-corrected chi connectivity index (χ3v) is 5.13. The molecule has 140 valence electrons. The van der Waals surface area contributed by atoms with Gasteiger partial charge < -0.3 is 14.5 Å². The number of rotatable bonds is 5. The molecule has 6 heteroatoms. The Morgan fingerprint density at radius 1 is 1.23 bits per heavy atom. The number of piperazine rings is 1. The summed E-state index contributed by atoms with van der Waals surface area (Å²) in [6, 6.07) is 6.68. The number of carbonyl (C=O) groups excluding carboxylic acids is 2. The molecule has 1 atom stereocenters. The molecule has 0 saturated carbocycles. The fourth-order valence-corrected chi connectivity index (χ4v) is 3.71. The predicted octanol–water partition coefficient (Wildman–Crippen LogP) is 1.63. The van der Waals surface area contributed by atoms with Crippen molar-refractivity contribution in [1.82, 2.24) is 14.7 Å². The standard InChI is InChI=1S/C20H27N3O3/c1-3-9-21-12-13-23(18(15-21)20(25)22-10-4-5-11-22)19(24)16-7-6-8-17(14-16)26-2/h3,6-8,14,18H,1,4-5,9-13,15H2,2H3. The number of ether oxygens (including phenoxy) is 1. The molecule has 2 heterocycles. The number of likely N-dealkylation sites (tertiary alicyclic amines) is 1. The van der Waals surface area contributed by atoms with Gasteiger partial charge in [-0.3, -0.25) is 14.5 Å². The van der Waals surface area contributed by atoms with E-state index in [2.05, 4.69) is 11.5 Å². The summed E-state index contributed by atoms with van der Waals surface area (Å²) in [6.45, 7) is 7.93. The summed E-state index contributed by atoms with van der Waals surface area (Å²) in [4.78, 5) is 32.0. The summed E-state index contributed by atoms with van der Waals surface area (Å²) in [5.41, 5.74) is 0.556. The highest BCUT2D eigenvalue weighted by molar-refractivity contribution is 5.98. The van der Waals surface area contributed by atoms with Gasteiger partial charge in [-0.1, -0.05) is 12.1 Å². The lowest BCUT2D eigenvalue weighted by molar-refractivity contribution is -0.137. The maximum Gasteiger partial charge on any atom is 0.254 e. The summed E-state index contributed by atoms with van der Waals surface area (Å²) in [5, 5.41) is 0. The van der Waals surface area contributed by atoms with Crippen LogP contribution in [0.5, 0.6) is 5.75 Å². The number of carbonyl (C=O) groups is 2. The van der Waals surface area contributed by atoms with Crippen molar-refractivity contribution in [2.24, 2.45) is 0 Å². The van der Waals surface area contributed by atoms with Crippen molar-refractivity contribution in [1.29, 1.82) is 0 Å². The maximum absolute atomic E-state index is 13.1. The molecule has 1 unspecified atom stereocenters. The van der Waals surface area contributed by atoms with E-state index in [1.54, 1.807) is 30.2 Å². The summed E-state index contributed by atoms with van der Waals surface area (Å²) in [7, 11) is 1.58. The molecule has 2 saturated heterocycles. The van der Waals surface area contributed by atoms with Crippen molar-refractivity contribution in [2.45, 2.75) is 18.9 Å². The van der Waals surface area contributed by atoms with Crippen molar-refractivity contribution < 1.29 is 14.3 Å². The first kappa shape index (κ1) is 18.5. The number of methoxy groups -OCH3 is 1. The number of nitrogens with zero attached hydrogens (tertiary/aromatic N) is 3. The molecular formula is C20H27N3O3. The minimum Gasteiger partial charge on any atom is -0.497 e. The van der Waals surface area contributed by atoms with E-state index in [-0.39, 0.29) is 11.8 Å². The zero-order chi connectivity index (χ0) is 18.5. The molecular weight excluding hydrogens is 330 g/mol. The van der Waals surface area contributed by atoms with Crippen LogP contribution < -0.4 is 4.74 Å². The molecule has 0 radical (unpaired) electrons. The monoisotopic (exact) mass is 357 g/mol. The van der Waals surface area contributed by atoms with Crippen molar-refractivity contribution in [2.75, 3.05) is 46.4 Å². The minimum atomic E-state index is -0.444. The van der Waals surface area contributed by atoms with E-state index in [9.17, 15) is 9.59 Å². The molecule has 0 spiro atoms. The molecule has 2 aliphatic heterocycles. The molecule has 0 aliphatic carbocycles. The van der Waals surface area contributed by atoms with Gasteiger partial charge >= 0.3 is 0 Å². The van der Waals surface area contributed by atoms with E-state index in [1.165, 1.54) is 0 Å². The Hall–Kier alpha value is -2.34. The van der Waals surface area contributed by atoms with Gasteiger partial charge in [0.2, 0.25) is 5.91 Å². The Bertz CT molecular complexity index is 670. The van der Waals surface area contributed by atoms with Crippen LogP contribution in [-0.4, -0.2) is 78.9 Å². The second-order valence-corrected chi connectivity index (χ2v) is 6.83. The summed E-state index contributed by atoms with van der Waals surface area (Å²) < 4.78 is 5.23. The van der Waals surface area contributed by atoms with Gasteiger partial charge in [-0.15, -0.1) is 6.58 Å². The van der Waals surface area contributed by atoms with E-state index in [0.717, 1.165) is 39.0 Å². The summed E-state index contributed by atoms with van der Waals surface area (Å²) in [6.07, 6.45) is 3.92. The summed E-state index contributed by atoms with van der Waals surface area (Å²) >= 11 is 0. The summed E-state index contributed by atoms with van der Waals surface area (Å²) in [5.74, 6) is 0.593. The highest BCUT2D eigenvalue weighted by Crippen LogP contribution is 2.21. The van der Waals surface area contributed by atoms with Crippen molar-refractivity contribution in [3.63, 3.8) is 0 Å². The molecule has 2 fully saturated rings. The number of benzene rings is 1. The Kier molecular flexibility index (Phi) is 5.93. The zero-order valence-corrected chi connectivity index (χ0v) is 15.4. The van der Waals surface area contributed by atoms with Gasteiger partial charge in [0.25, 0.3) is 5.91 Å². The van der Waals surface area contributed by atoms with Gasteiger partial charge in [-0.05, 0) is 31.0 Å². The highest BCUT2D eigenvalue weighted by atomic mass is 16.5. The minimum absolute atomic E-state index is 0.0625. The van der Waals surface area contributed by atoms with Crippen LogP contribution in [0.4, 0.5) is 0 Å². The first-order valence-electron chi connectivity index (χ1n) is 9.21. The fraction of sp³-hybridized carbons (Fsp3) is 0.500. The van der Waals surface area contributed by atoms with Crippen LogP contribution >= 0.6 is 0 Å². The van der Waals surface area contributed by atoms with Gasteiger partial charge in [-0.25, -0.2) is 0 Å². The normalized spacial score (nSPS) is 20.9.